The van der Waals surface area contributed by atoms with Crippen LogP contribution in [0.25, 0.3) is 0 Å². The molecule has 0 saturated heterocycles. The average Bonchev–Trinajstić information content (AvgIpc) is 0. The Labute approximate surface area is 60.1 Å². The van der Waals surface area contributed by atoms with Crippen molar-refractivity contribution < 1.29 is 59.4 Å². The van der Waals surface area contributed by atoms with Crippen LogP contribution in [0.5, 0.6) is 0 Å². The molecule has 0 spiro atoms. The van der Waals surface area contributed by atoms with E-state index in [4.69, 9.17) is 0 Å². The van der Waals surface area contributed by atoms with Gasteiger partial charge in [-0.2, -0.15) is 0 Å². The van der Waals surface area contributed by atoms with Gasteiger partial charge in [-0.25, -0.2) is 0 Å². The van der Waals surface area contributed by atoms with Gasteiger partial charge in [-0.3, -0.25) is 0 Å². The molecule has 0 bridgehead atoms. The topological polar surface area (TPSA) is 212 Å². The fraction of sp³-hybridized carbons (Fsp3) is 0. The molecular formula is H8MoO7. The summed E-state index contributed by atoms with van der Waals surface area (Å²) < 4.78 is 0. The maximum Gasteiger partial charge on any atom is 6.00 e. The minimum Gasteiger partial charge on any atom is -0.870 e. The van der Waals surface area contributed by atoms with Gasteiger partial charge in [-0.1, -0.05) is 0 Å². The van der Waals surface area contributed by atoms with Gasteiger partial charge in [0.05, 0.1) is 0 Å². The molecule has 0 amide bonds. The van der Waals surface area contributed by atoms with Crippen LogP contribution in [0, 0.1) is 0 Å². The minimum absolute atomic E-state index is 0. The summed E-state index contributed by atoms with van der Waals surface area (Å²) in [7, 11) is 0. The van der Waals surface area contributed by atoms with Gasteiger partial charge in [-0.05, 0) is 0 Å². The van der Waals surface area contributed by atoms with E-state index in [-0.39, 0.29) is 59.4 Å². The van der Waals surface area contributed by atoms with Crippen molar-refractivity contribution >= 4 is 0 Å². The van der Waals surface area contributed by atoms with Gasteiger partial charge in [0.2, 0.25) is 0 Å². The van der Waals surface area contributed by atoms with Gasteiger partial charge in [-0.15, -0.1) is 0 Å². The molecule has 8 heavy (non-hydrogen) atoms. The predicted octanol–water partition coefficient (Wildman–Crippen LogP) is -1.89. The summed E-state index contributed by atoms with van der Waals surface area (Å²) in [6, 6.07) is 0. The molecule has 0 aliphatic rings. The third kappa shape index (κ3) is 1120. The molecule has 0 aromatic heterocycles. The Morgan fingerprint density at radius 1 is 0.375 bits per heavy atom. The van der Waals surface area contributed by atoms with Gasteiger partial charge >= 0.3 is 21.1 Å². The summed E-state index contributed by atoms with van der Waals surface area (Å²) in [5.74, 6) is 0. The Kier molecular flexibility index (Phi) is 631000. The fourth-order valence-corrected chi connectivity index (χ4v) is 0. The van der Waals surface area contributed by atoms with E-state index in [1.54, 1.807) is 0 Å². The van der Waals surface area contributed by atoms with Crippen molar-refractivity contribution in [1.29, 1.82) is 0 Å². The van der Waals surface area contributed by atoms with E-state index < -0.39 is 0 Å². The maximum atomic E-state index is 0. The van der Waals surface area contributed by atoms with Crippen LogP contribution >= 0.6 is 0 Å². The van der Waals surface area contributed by atoms with Crippen LogP contribution in [0.1, 0.15) is 0 Å². The third-order valence-electron chi connectivity index (χ3n) is 0. The number of hydrogen-bond acceptors (Lipinski definition) is 6. The molecule has 0 saturated carbocycles. The van der Waals surface area contributed by atoms with E-state index in [0.29, 0.717) is 0 Å². The second kappa shape index (κ2) is 1820. The molecule has 0 aliphatic carbocycles. The zero-order chi connectivity index (χ0) is 0. The molecule has 0 fully saturated rings. The first-order valence-electron chi connectivity index (χ1n) is 0. The molecule has 8 heteroatoms. The van der Waals surface area contributed by atoms with Gasteiger partial charge in [0.25, 0.3) is 0 Å². The molecule has 8 N–H and O–H groups in total. The van der Waals surface area contributed by atoms with E-state index >= 15 is 0 Å². The Hall–Kier alpha value is 0.408. The van der Waals surface area contributed by atoms with Crippen LogP contribution in [0.3, 0.4) is 0 Å². The van der Waals surface area contributed by atoms with Crippen LogP contribution < -0.4 is 0 Å². The van der Waals surface area contributed by atoms with Gasteiger partial charge in [0.15, 0.2) is 0 Å². The molecular weight excluding hydrogens is 208 g/mol. The monoisotopic (exact) mass is 218 g/mol. The Bertz CT molecular complexity index is 4.35. The normalized spacial score (nSPS) is 0. The smallest absolute Gasteiger partial charge is 0.870 e. The quantitative estimate of drug-likeness (QED) is 0.421. The van der Waals surface area contributed by atoms with Crippen LogP contribution in [0.15, 0.2) is 0 Å². The van der Waals surface area contributed by atoms with Crippen molar-refractivity contribution in [3.63, 3.8) is 0 Å². The first-order valence-corrected chi connectivity index (χ1v) is 0. The van der Waals surface area contributed by atoms with Crippen molar-refractivity contribution in [1.82, 2.24) is 0 Å². The second-order valence-electron chi connectivity index (χ2n) is 0. The Morgan fingerprint density at radius 3 is 0.375 bits per heavy atom. The Morgan fingerprint density at radius 2 is 0.375 bits per heavy atom. The van der Waals surface area contributed by atoms with E-state index in [0.717, 1.165) is 0 Å². The average molecular weight is 216 g/mol. The van der Waals surface area contributed by atoms with E-state index in [1.807, 2.05) is 0 Å². The van der Waals surface area contributed by atoms with Crippen LogP contribution in [0.2, 0.25) is 0 Å². The number of hydrogen-bond donors (Lipinski definition) is 0. The summed E-state index contributed by atoms with van der Waals surface area (Å²) >= 11 is 0. The van der Waals surface area contributed by atoms with Crippen molar-refractivity contribution in [2.24, 2.45) is 0 Å². The van der Waals surface area contributed by atoms with Crippen LogP contribution in [-0.4, -0.2) is 38.3 Å². The molecule has 0 rings (SSSR count). The molecule has 56 valence electrons. The van der Waals surface area contributed by atoms with Gasteiger partial charge in [0, 0.05) is 0 Å². The van der Waals surface area contributed by atoms with E-state index in [2.05, 4.69) is 0 Å². The first kappa shape index (κ1) is 2770. The molecule has 0 heterocycles. The van der Waals surface area contributed by atoms with Crippen molar-refractivity contribution in [3.8, 4) is 0 Å². The predicted molar refractivity (Wildman–Crippen MR) is 15.2 cm³/mol. The van der Waals surface area contributed by atoms with E-state index in [9.17, 15) is 0 Å². The minimum atomic E-state index is 0. The van der Waals surface area contributed by atoms with Gasteiger partial charge < -0.3 is 38.3 Å². The van der Waals surface area contributed by atoms with Crippen LogP contribution in [-0.2, 0) is 21.1 Å². The zero-order valence-corrected chi connectivity index (χ0v) is 5.60. The fourth-order valence-electron chi connectivity index (χ4n) is 0. The van der Waals surface area contributed by atoms with Crippen molar-refractivity contribution in [2.45, 2.75) is 0 Å². The first-order chi connectivity index (χ1) is 0. The van der Waals surface area contributed by atoms with Crippen molar-refractivity contribution in [2.75, 3.05) is 0 Å². The molecule has 0 unspecified atom stereocenters. The SMILES string of the molecule is O.[Mo+6].[OH-].[OH-].[OH-].[OH-].[OH-].[OH-]. The summed E-state index contributed by atoms with van der Waals surface area (Å²) in [6.45, 7) is 0. The molecule has 7 nitrogen and oxygen atoms in total. The molecule has 0 radical (unpaired) electrons. The summed E-state index contributed by atoms with van der Waals surface area (Å²) in [4.78, 5) is 0. The van der Waals surface area contributed by atoms with Crippen molar-refractivity contribution in [3.05, 3.63) is 0 Å². The molecule has 0 atom stereocenters. The molecule has 0 aromatic rings. The molecule has 0 aliphatic heterocycles. The van der Waals surface area contributed by atoms with Gasteiger partial charge in [0.1, 0.15) is 0 Å². The third-order valence-corrected chi connectivity index (χ3v) is 0. The Balaban J connectivity index is 0. The summed E-state index contributed by atoms with van der Waals surface area (Å²) in [6.07, 6.45) is 0. The second-order valence-corrected chi connectivity index (χ2v) is 0. The zero-order valence-electron chi connectivity index (χ0n) is 3.59. The largest absolute Gasteiger partial charge is 6.00 e. The summed E-state index contributed by atoms with van der Waals surface area (Å²) in [5.41, 5.74) is 0. The van der Waals surface area contributed by atoms with E-state index in [1.165, 1.54) is 0 Å². The number of rotatable bonds is 0. The molecule has 0 aromatic carbocycles. The summed E-state index contributed by atoms with van der Waals surface area (Å²) in [5, 5.41) is 0. The maximum absolute atomic E-state index is 0. The van der Waals surface area contributed by atoms with Crippen LogP contribution in [0.4, 0.5) is 0 Å². The standard InChI is InChI=1S/Mo.7H2O/h;7*1H2/q+6;;;;;;;/p-6.